The van der Waals surface area contributed by atoms with Crippen LogP contribution in [0.4, 0.5) is 0 Å². The first-order valence-electron chi connectivity index (χ1n) is 5.05. The van der Waals surface area contributed by atoms with Crippen LogP contribution in [0, 0.1) is 0 Å². The lowest BCUT2D eigenvalue weighted by molar-refractivity contribution is 0.0168. The van der Waals surface area contributed by atoms with Crippen LogP contribution in [0.5, 0.6) is 0 Å². The Morgan fingerprint density at radius 2 is 2.53 bits per heavy atom. The van der Waals surface area contributed by atoms with E-state index in [2.05, 4.69) is 4.98 Å². The summed E-state index contributed by atoms with van der Waals surface area (Å²) in [6.45, 7) is 0.821. The van der Waals surface area contributed by atoms with Gasteiger partial charge in [-0.2, -0.15) is 0 Å². The van der Waals surface area contributed by atoms with E-state index in [9.17, 15) is 4.79 Å². The van der Waals surface area contributed by atoms with Gasteiger partial charge in [0.05, 0.1) is 17.3 Å². The van der Waals surface area contributed by atoms with E-state index in [1.54, 1.807) is 0 Å². The van der Waals surface area contributed by atoms with E-state index in [1.807, 2.05) is 0 Å². The highest BCUT2D eigenvalue weighted by Gasteiger charge is 2.17. The first-order chi connectivity index (χ1) is 7.25. The number of hydrogen-bond donors (Lipinski definition) is 1. The van der Waals surface area contributed by atoms with Gasteiger partial charge in [0.15, 0.2) is 0 Å². The third kappa shape index (κ3) is 2.76. The van der Waals surface area contributed by atoms with Crippen molar-refractivity contribution in [1.82, 2.24) is 4.98 Å². The van der Waals surface area contributed by atoms with Gasteiger partial charge in [0, 0.05) is 13.0 Å². The first kappa shape index (κ1) is 10.6. The van der Waals surface area contributed by atoms with Crippen molar-refractivity contribution in [2.75, 3.05) is 6.61 Å². The lowest BCUT2D eigenvalue weighted by Crippen LogP contribution is -2.21. The Balaban J connectivity index is 1.94. The lowest BCUT2D eigenvalue weighted by Gasteiger charge is -2.21. The van der Waals surface area contributed by atoms with Crippen molar-refractivity contribution in [3.8, 4) is 0 Å². The standard InChI is InChI=1S/C10H13NO3S/c12-10(13)8-6-11-9(15-8)5-7-3-1-2-4-14-7/h6-7H,1-5H2,(H,12,13). The van der Waals surface area contributed by atoms with Crippen molar-refractivity contribution in [3.05, 3.63) is 16.1 Å². The Labute approximate surface area is 91.9 Å². The molecule has 0 spiro atoms. The number of carboxylic acid groups (broad SMARTS) is 1. The van der Waals surface area contributed by atoms with E-state index in [0.29, 0.717) is 4.88 Å². The van der Waals surface area contributed by atoms with Gasteiger partial charge < -0.3 is 9.84 Å². The third-order valence-corrected chi connectivity index (χ3v) is 3.45. The highest BCUT2D eigenvalue weighted by Crippen LogP contribution is 2.20. The quantitative estimate of drug-likeness (QED) is 0.857. The number of thiazole rings is 1. The fourth-order valence-electron chi connectivity index (χ4n) is 1.67. The SMILES string of the molecule is O=C(O)c1cnc(CC2CCCCO2)s1. The number of aromatic nitrogens is 1. The van der Waals surface area contributed by atoms with E-state index in [4.69, 9.17) is 9.84 Å². The lowest BCUT2D eigenvalue weighted by atomic mass is 10.1. The summed E-state index contributed by atoms with van der Waals surface area (Å²) in [6, 6.07) is 0. The Kier molecular flexibility index (Phi) is 3.33. The van der Waals surface area contributed by atoms with Gasteiger partial charge in [-0.15, -0.1) is 11.3 Å². The second kappa shape index (κ2) is 4.72. The summed E-state index contributed by atoms with van der Waals surface area (Å²) in [4.78, 5) is 15.0. The molecule has 5 heteroatoms. The van der Waals surface area contributed by atoms with Crippen LogP contribution in [0.25, 0.3) is 0 Å². The minimum Gasteiger partial charge on any atom is -0.477 e. The van der Waals surface area contributed by atoms with Gasteiger partial charge in [0.1, 0.15) is 4.88 Å². The maximum atomic E-state index is 10.6. The highest BCUT2D eigenvalue weighted by atomic mass is 32.1. The fourth-order valence-corrected chi connectivity index (χ4v) is 2.49. The molecular weight excluding hydrogens is 214 g/mol. The Bertz CT molecular complexity index is 344. The number of nitrogens with zero attached hydrogens (tertiary/aromatic N) is 1. The molecule has 1 aromatic heterocycles. The Morgan fingerprint density at radius 1 is 1.67 bits per heavy atom. The zero-order chi connectivity index (χ0) is 10.7. The van der Waals surface area contributed by atoms with Crippen LogP contribution in [0.3, 0.4) is 0 Å². The van der Waals surface area contributed by atoms with Crippen molar-refractivity contribution >= 4 is 17.3 Å². The summed E-state index contributed by atoms with van der Waals surface area (Å²) in [5, 5.41) is 9.60. The molecule has 1 aliphatic rings. The number of carbonyl (C=O) groups is 1. The Hall–Kier alpha value is -0.940. The zero-order valence-electron chi connectivity index (χ0n) is 8.31. The molecule has 1 saturated heterocycles. The summed E-state index contributed by atoms with van der Waals surface area (Å²) >= 11 is 1.24. The molecule has 1 atom stereocenters. The molecule has 0 amide bonds. The molecule has 0 saturated carbocycles. The predicted octanol–water partition coefficient (Wildman–Crippen LogP) is 1.95. The van der Waals surface area contributed by atoms with Crippen LogP contribution in [0.1, 0.15) is 33.9 Å². The Morgan fingerprint density at radius 3 is 3.13 bits per heavy atom. The molecule has 0 aliphatic carbocycles. The maximum absolute atomic E-state index is 10.6. The average Bonchev–Trinajstić information content (AvgIpc) is 2.68. The average molecular weight is 227 g/mol. The summed E-state index contributed by atoms with van der Waals surface area (Å²) in [6.07, 6.45) is 5.79. The van der Waals surface area contributed by atoms with Crippen LogP contribution in [0.2, 0.25) is 0 Å². The van der Waals surface area contributed by atoms with Crippen molar-refractivity contribution in [3.63, 3.8) is 0 Å². The van der Waals surface area contributed by atoms with E-state index < -0.39 is 5.97 Å². The normalized spacial score (nSPS) is 21.5. The van der Waals surface area contributed by atoms with Gasteiger partial charge in [-0.3, -0.25) is 0 Å². The van der Waals surface area contributed by atoms with Crippen LogP contribution < -0.4 is 0 Å². The first-order valence-corrected chi connectivity index (χ1v) is 5.87. The minimum atomic E-state index is -0.900. The van der Waals surface area contributed by atoms with Crippen molar-refractivity contribution in [2.24, 2.45) is 0 Å². The van der Waals surface area contributed by atoms with Crippen LogP contribution >= 0.6 is 11.3 Å². The van der Waals surface area contributed by atoms with Crippen molar-refractivity contribution in [1.29, 1.82) is 0 Å². The summed E-state index contributed by atoms with van der Waals surface area (Å²) in [5.41, 5.74) is 0. The monoisotopic (exact) mass is 227 g/mol. The highest BCUT2D eigenvalue weighted by molar-refractivity contribution is 7.13. The molecule has 15 heavy (non-hydrogen) atoms. The number of hydrogen-bond acceptors (Lipinski definition) is 4. The summed E-state index contributed by atoms with van der Waals surface area (Å²) < 4.78 is 5.57. The molecule has 0 radical (unpaired) electrons. The van der Waals surface area contributed by atoms with Crippen molar-refractivity contribution in [2.45, 2.75) is 31.8 Å². The number of ether oxygens (including phenoxy) is 1. The molecule has 1 aromatic rings. The summed E-state index contributed by atoms with van der Waals surface area (Å²) in [5.74, 6) is -0.900. The van der Waals surface area contributed by atoms with Gasteiger partial charge in [-0.1, -0.05) is 0 Å². The van der Waals surface area contributed by atoms with Crippen molar-refractivity contribution < 1.29 is 14.6 Å². The smallest absolute Gasteiger partial charge is 0.347 e. The second-order valence-corrected chi connectivity index (χ2v) is 4.73. The van der Waals surface area contributed by atoms with Gasteiger partial charge in [0.25, 0.3) is 0 Å². The molecule has 4 nitrogen and oxygen atoms in total. The summed E-state index contributed by atoms with van der Waals surface area (Å²) in [7, 11) is 0. The number of carboxylic acids is 1. The van der Waals surface area contributed by atoms with Crippen LogP contribution in [0.15, 0.2) is 6.20 Å². The molecule has 1 unspecified atom stereocenters. The van der Waals surface area contributed by atoms with Crippen LogP contribution in [-0.2, 0) is 11.2 Å². The third-order valence-electron chi connectivity index (χ3n) is 2.44. The molecule has 0 aromatic carbocycles. The number of aromatic carboxylic acids is 1. The molecular formula is C10H13NO3S. The molecule has 82 valence electrons. The maximum Gasteiger partial charge on any atom is 0.347 e. The van der Waals surface area contributed by atoms with Gasteiger partial charge >= 0.3 is 5.97 Å². The molecule has 1 fully saturated rings. The molecule has 1 N–H and O–H groups in total. The molecule has 1 aliphatic heterocycles. The predicted molar refractivity (Wildman–Crippen MR) is 56.4 cm³/mol. The largest absolute Gasteiger partial charge is 0.477 e. The zero-order valence-corrected chi connectivity index (χ0v) is 9.13. The topological polar surface area (TPSA) is 59.4 Å². The van der Waals surface area contributed by atoms with E-state index >= 15 is 0 Å². The second-order valence-electron chi connectivity index (χ2n) is 3.62. The van der Waals surface area contributed by atoms with E-state index in [1.165, 1.54) is 24.0 Å². The van der Waals surface area contributed by atoms with Crippen LogP contribution in [-0.4, -0.2) is 28.8 Å². The minimum absolute atomic E-state index is 0.228. The number of rotatable bonds is 3. The van der Waals surface area contributed by atoms with E-state index in [0.717, 1.165) is 30.9 Å². The van der Waals surface area contributed by atoms with E-state index in [-0.39, 0.29) is 6.10 Å². The van der Waals surface area contributed by atoms with Gasteiger partial charge in [-0.25, -0.2) is 9.78 Å². The molecule has 0 bridgehead atoms. The molecule has 2 heterocycles. The molecule has 2 rings (SSSR count). The fraction of sp³-hybridized carbons (Fsp3) is 0.600. The van der Waals surface area contributed by atoms with Gasteiger partial charge in [0.2, 0.25) is 0 Å². The van der Waals surface area contributed by atoms with Gasteiger partial charge in [-0.05, 0) is 19.3 Å².